The summed E-state index contributed by atoms with van der Waals surface area (Å²) >= 11 is 0. The normalized spacial score (nSPS) is 20.9. The van der Waals surface area contributed by atoms with E-state index >= 15 is 0 Å². The van der Waals surface area contributed by atoms with E-state index in [2.05, 4.69) is 0 Å². The summed E-state index contributed by atoms with van der Waals surface area (Å²) in [5.74, 6) is -1.02. The van der Waals surface area contributed by atoms with Crippen LogP contribution in [-0.4, -0.2) is 30.5 Å². The lowest BCUT2D eigenvalue weighted by Crippen LogP contribution is -2.31. The molecule has 1 fully saturated rings. The van der Waals surface area contributed by atoms with E-state index in [1.165, 1.54) is 6.92 Å². The fraction of sp³-hybridized carbons (Fsp3) is 0.889. The van der Waals surface area contributed by atoms with Crippen LogP contribution in [-0.2, 0) is 14.6 Å². The quantitative estimate of drug-likeness (QED) is 0.769. The molecule has 5 heteroatoms. The van der Waals surface area contributed by atoms with Gasteiger partial charge >= 0.3 is 5.97 Å². The average Bonchev–Trinajstić information content (AvgIpc) is 2.54. The van der Waals surface area contributed by atoms with E-state index in [0.29, 0.717) is 0 Å². The van der Waals surface area contributed by atoms with Crippen molar-refractivity contribution in [2.75, 3.05) is 5.75 Å². The van der Waals surface area contributed by atoms with Gasteiger partial charge in [0.15, 0.2) is 15.1 Å². The van der Waals surface area contributed by atoms with Crippen LogP contribution in [0.1, 0.15) is 32.6 Å². The molecule has 0 aromatic heterocycles. The van der Waals surface area contributed by atoms with E-state index in [1.54, 1.807) is 0 Å². The van der Waals surface area contributed by atoms with Gasteiger partial charge in [-0.1, -0.05) is 12.8 Å². The summed E-state index contributed by atoms with van der Waals surface area (Å²) in [5, 5.41) is 7.35. The van der Waals surface area contributed by atoms with Gasteiger partial charge < -0.3 is 5.11 Å². The lowest BCUT2D eigenvalue weighted by atomic mass is 10.1. The molecule has 82 valence electrons. The average molecular weight is 220 g/mol. The second-order valence-electron chi connectivity index (χ2n) is 3.96. The van der Waals surface area contributed by atoms with Crippen molar-refractivity contribution < 1.29 is 18.3 Å². The molecule has 0 amide bonds. The third-order valence-corrected chi connectivity index (χ3v) is 5.04. The summed E-state index contributed by atoms with van der Waals surface area (Å²) in [5.41, 5.74) is 0. The van der Waals surface area contributed by atoms with Gasteiger partial charge in [-0.15, -0.1) is 0 Å². The predicted octanol–water partition coefficient (Wildman–Crippen LogP) is 1.06. The van der Waals surface area contributed by atoms with Crippen LogP contribution in [0.5, 0.6) is 0 Å². The summed E-state index contributed by atoms with van der Waals surface area (Å²) in [7, 11) is -3.44. The SMILES string of the molecule is CC(C(=O)O)S(=O)(=O)CC1CCCC1. The number of sulfone groups is 1. The second-order valence-corrected chi connectivity index (χ2v) is 6.33. The molecule has 0 saturated heterocycles. The molecule has 1 aliphatic carbocycles. The molecule has 0 radical (unpaired) electrons. The second kappa shape index (κ2) is 4.29. The molecule has 14 heavy (non-hydrogen) atoms. The highest BCUT2D eigenvalue weighted by atomic mass is 32.2. The van der Waals surface area contributed by atoms with Gasteiger partial charge in [-0.25, -0.2) is 8.42 Å². The van der Waals surface area contributed by atoms with Gasteiger partial charge in [0.05, 0.1) is 5.75 Å². The Labute approximate surface area is 84.2 Å². The molecule has 0 spiro atoms. The molecular formula is C9H16O4S. The molecule has 0 heterocycles. The predicted molar refractivity (Wildman–Crippen MR) is 52.8 cm³/mol. The van der Waals surface area contributed by atoms with Gasteiger partial charge in [-0.2, -0.15) is 0 Å². The fourth-order valence-corrected chi connectivity index (χ4v) is 3.39. The first-order chi connectivity index (χ1) is 6.43. The third-order valence-electron chi connectivity index (χ3n) is 2.83. The summed E-state index contributed by atoms with van der Waals surface area (Å²) < 4.78 is 23.1. The maximum Gasteiger partial charge on any atom is 0.321 e. The number of rotatable bonds is 4. The van der Waals surface area contributed by atoms with Gasteiger partial charge in [0.2, 0.25) is 0 Å². The summed E-state index contributed by atoms with van der Waals surface area (Å²) in [4.78, 5) is 10.5. The van der Waals surface area contributed by atoms with Crippen LogP contribution in [0.4, 0.5) is 0 Å². The number of hydrogen-bond acceptors (Lipinski definition) is 3. The zero-order valence-corrected chi connectivity index (χ0v) is 9.09. The molecule has 0 aromatic rings. The van der Waals surface area contributed by atoms with Crippen LogP contribution in [0.2, 0.25) is 0 Å². The zero-order valence-electron chi connectivity index (χ0n) is 8.27. The van der Waals surface area contributed by atoms with E-state index in [0.717, 1.165) is 25.7 Å². The van der Waals surface area contributed by atoms with Crippen LogP contribution in [0, 0.1) is 5.92 Å². The van der Waals surface area contributed by atoms with Crippen molar-refractivity contribution in [2.45, 2.75) is 37.9 Å². The summed E-state index contributed by atoms with van der Waals surface area (Å²) in [6.45, 7) is 1.24. The first kappa shape index (κ1) is 11.5. The van der Waals surface area contributed by atoms with Gasteiger partial charge in [-0.3, -0.25) is 4.79 Å². The molecular weight excluding hydrogens is 204 g/mol. The number of hydrogen-bond donors (Lipinski definition) is 1. The molecule has 1 aliphatic rings. The summed E-state index contributed by atoms with van der Waals surface area (Å²) in [6.07, 6.45) is 3.99. The van der Waals surface area contributed by atoms with E-state index in [9.17, 15) is 13.2 Å². The van der Waals surface area contributed by atoms with E-state index < -0.39 is 21.1 Å². The lowest BCUT2D eigenvalue weighted by Gasteiger charge is -2.12. The molecule has 0 aromatic carbocycles. The van der Waals surface area contributed by atoms with Gasteiger partial charge in [-0.05, 0) is 25.7 Å². The van der Waals surface area contributed by atoms with E-state index in [1.807, 2.05) is 0 Å². The largest absolute Gasteiger partial charge is 0.480 e. The maximum absolute atomic E-state index is 11.5. The monoisotopic (exact) mass is 220 g/mol. The van der Waals surface area contributed by atoms with Crippen molar-refractivity contribution in [3.05, 3.63) is 0 Å². The Bertz CT molecular complexity index is 301. The highest BCUT2D eigenvalue weighted by molar-refractivity contribution is 7.92. The van der Waals surface area contributed by atoms with Crippen LogP contribution in [0.15, 0.2) is 0 Å². The molecule has 1 unspecified atom stereocenters. The van der Waals surface area contributed by atoms with Gasteiger partial charge in [0.25, 0.3) is 0 Å². The Morgan fingerprint density at radius 2 is 1.93 bits per heavy atom. The summed E-state index contributed by atoms with van der Waals surface area (Å²) in [6, 6.07) is 0. The Kier molecular flexibility index (Phi) is 3.53. The minimum Gasteiger partial charge on any atom is -0.480 e. The lowest BCUT2D eigenvalue weighted by molar-refractivity contribution is -0.136. The van der Waals surface area contributed by atoms with Crippen LogP contribution in [0.3, 0.4) is 0 Å². The third kappa shape index (κ3) is 2.70. The number of carbonyl (C=O) groups is 1. The minimum absolute atomic E-state index is 0.0421. The fourth-order valence-electron chi connectivity index (χ4n) is 1.80. The number of carboxylic acid groups (broad SMARTS) is 1. The molecule has 1 saturated carbocycles. The molecule has 1 rings (SSSR count). The zero-order chi connectivity index (χ0) is 10.8. The van der Waals surface area contributed by atoms with Crippen molar-refractivity contribution in [1.82, 2.24) is 0 Å². The van der Waals surface area contributed by atoms with Crippen molar-refractivity contribution in [2.24, 2.45) is 5.92 Å². The molecule has 1 atom stereocenters. The number of aliphatic carboxylic acids is 1. The van der Waals surface area contributed by atoms with Crippen molar-refractivity contribution in [1.29, 1.82) is 0 Å². The smallest absolute Gasteiger partial charge is 0.321 e. The Balaban J connectivity index is 2.61. The van der Waals surface area contributed by atoms with Gasteiger partial charge in [0, 0.05) is 0 Å². The Morgan fingerprint density at radius 3 is 2.36 bits per heavy atom. The molecule has 1 N–H and O–H groups in total. The standard InChI is InChI=1S/C9H16O4S/c1-7(9(10)11)14(12,13)6-8-4-2-3-5-8/h7-8H,2-6H2,1H3,(H,10,11). The van der Waals surface area contributed by atoms with E-state index in [4.69, 9.17) is 5.11 Å². The topological polar surface area (TPSA) is 71.4 Å². The van der Waals surface area contributed by atoms with Crippen molar-refractivity contribution >= 4 is 15.8 Å². The Hall–Kier alpha value is -0.580. The van der Waals surface area contributed by atoms with Crippen LogP contribution in [0.25, 0.3) is 0 Å². The van der Waals surface area contributed by atoms with Crippen LogP contribution >= 0.6 is 0 Å². The Morgan fingerprint density at radius 1 is 1.43 bits per heavy atom. The molecule has 0 aliphatic heterocycles. The van der Waals surface area contributed by atoms with Crippen LogP contribution < -0.4 is 0 Å². The van der Waals surface area contributed by atoms with Crippen molar-refractivity contribution in [3.8, 4) is 0 Å². The van der Waals surface area contributed by atoms with Gasteiger partial charge in [0.1, 0.15) is 0 Å². The van der Waals surface area contributed by atoms with Crippen molar-refractivity contribution in [3.63, 3.8) is 0 Å². The first-order valence-electron chi connectivity index (χ1n) is 4.88. The highest BCUT2D eigenvalue weighted by Crippen LogP contribution is 2.26. The van der Waals surface area contributed by atoms with E-state index in [-0.39, 0.29) is 11.7 Å². The molecule has 4 nitrogen and oxygen atoms in total. The maximum atomic E-state index is 11.5. The first-order valence-corrected chi connectivity index (χ1v) is 6.59. The molecule has 0 bridgehead atoms. The minimum atomic E-state index is -3.44. The highest BCUT2D eigenvalue weighted by Gasteiger charge is 2.31. The number of carboxylic acids is 1.